The number of aromatic nitrogens is 2. The lowest BCUT2D eigenvalue weighted by Gasteiger charge is -2.18. The van der Waals surface area contributed by atoms with Crippen LogP contribution in [0.5, 0.6) is 0 Å². The van der Waals surface area contributed by atoms with Crippen molar-refractivity contribution >= 4 is 11.6 Å². The third kappa shape index (κ3) is 3.39. The number of benzene rings is 2. The Kier molecular flexibility index (Phi) is 4.66. The lowest BCUT2D eigenvalue weighted by atomic mass is 10.0. The van der Waals surface area contributed by atoms with E-state index in [2.05, 4.69) is 42.2 Å². The summed E-state index contributed by atoms with van der Waals surface area (Å²) in [5.74, 6) is 1.22. The minimum atomic E-state index is -0.119. The Bertz CT molecular complexity index is 1060. The molecular weight excluding hydrogens is 352 g/mol. The molecule has 1 aliphatic rings. The summed E-state index contributed by atoms with van der Waals surface area (Å²) in [7, 11) is 0. The third-order valence-corrected chi connectivity index (χ3v) is 5.02. The minimum absolute atomic E-state index is 0.0590. The Morgan fingerprint density at radius 1 is 1.21 bits per heavy atom. The number of amides is 1. The SMILES string of the molecule is CC(C)c1cccc(N2CC(c3noc(-c4cccc(C#N)c4)n3)CC2=O)c1. The molecule has 1 aromatic heterocycles. The van der Waals surface area contributed by atoms with Crippen LogP contribution in [0.4, 0.5) is 5.69 Å². The number of nitrogens with zero attached hydrogens (tertiary/aromatic N) is 4. The van der Waals surface area contributed by atoms with Gasteiger partial charge in [-0.05, 0) is 41.8 Å². The molecule has 2 aromatic carbocycles. The summed E-state index contributed by atoms with van der Waals surface area (Å²) in [6.07, 6.45) is 0.350. The zero-order valence-electron chi connectivity index (χ0n) is 15.8. The normalized spacial score (nSPS) is 16.6. The van der Waals surface area contributed by atoms with Crippen LogP contribution in [-0.2, 0) is 4.79 Å². The Morgan fingerprint density at radius 2 is 2.04 bits per heavy atom. The molecule has 0 saturated carbocycles. The summed E-state index contributed by atoms with van der Waals surface area (Å²) < 4.78 is 5.39. The molecule has 140 valence electrons. The van der Waals surface area contributed by atoms with Crippen molar-refractivity contribution in [2.45, 2.75) is 32.1 Å². The molecule has 1 atom stereocenters. The van der Waals surface area contributed by atoms with Gasteiger partial charge in [0.05, 0.1) is 11.6 Å². The van der Waals surface area contributed by atoms with Gasteiger partial charge in [-0.3, -0.25) is 4.79 Å². The van der Waals surface area contributed by atoms with E-state index in [1.165, 1.54) is 5.56 Å². The summed E-state index contributed by atoms with van der Waals surface area (Å²) in [5, 5.41) is 13.1. The highest BCUT2D eigenvalue weighted by atomic mass is 16.5. The van der Waals surface area contributed by atoms with Crippen molar-refractivity contribution in [3.63, 3.8) is 0 Å². The van der Waals surface area contributed by atoms with Crippen LogP contribution in [0.25, 0.3) is 11.5 Å². The van der Waals surface area contributed by atoms with E-state index < -0.39 is 0 Å². The van der Waals surface area contributed by atoms with E-state index in [0.29, 0.717) is 41.7 Å². The Hall–Kier alpha value is -3.46. The number of carbonyl (C=O) groups excluding carboxylic acids is 1. The second-order valence-corrected chi connectivity index (χ2v) is 7.31. The van der Waals surface area contributed by atoms with Crippen LogP contribution in [-0.4, -0.2) is 22.6 Å². The molecule has 4 rings (SSSR count). The molecular formula is C22H20N4O2. The van der Waals surface area contributed by atoms with E-state index in [1.807, 2.05) is 18.2 Å². The topological polar surface area (TPSA) is 83.0 Å². The molecule has 6 nitrogen and oxygen atoms in total. The van der Waals surface area contributed by atoms with Crippen LogP contribution < -0.4 is 4.90 Å². The molecule has 0 spiro atoms. The maximum atomic E-state index is 12.6. The van der Waals surface area contributed by atoms with Crippen LogP contribution in [0.15, 0.2) is 53.1 Å². The van der Waals surface area contributed by atoms with Crippen LogP contribution in [0, 0.1) is 11.3 Å². The van der Waals surface area contributed by atoms with Gasteiger partial charge in [0.1, 0.15) is 0 Å². The van der Waals surface area contributed by atoms with E-state index in [1.54, 1.807) is 23.1 Å². The molecule has 0 N–H and O–H groups in total. The van der Waals surface area contributed by atoms with Gasteiger partial charge in [0.15, 0.2) is 5.82 Å². The van der Waals surface area contributed by atoms with Crippen molar-refractivity contribution < 1.29 is 9.32 Å². The smallest absolute Gasteiger partial charge is 0.257 e. The second-order valence-electron chi connectivity index (χ2n) is 7.31. The Labute approximate surface area is 163 Å². The fraction of sp³-hybridized carbons (Fsp3) is 0.273. The first-order valence-electron chi connectivity index (χ1n) is 9.29. The van der Waals surface area contributed by atoms with Gasteiger partial charge in [-0.1, -0.05) is 37.2 Å². The second kappa shape index (κ2) is 7.28. The number of anilines is 1. The lowest BCUT2D eigenvalue weighted by Crippen LogP contribution is -2.24. The maximum absolute atomic E-state index is 12.6. The van der Waals surface area contributed by atoms with Crippen LogP contribution >= 0.6 is 0 Å². The van der Waals surface area contributed by atoms with Gasteiger partial charge in [0, 0.05) is 30.1 Å². The van der Waals surface area contributed by atoms with E-state index in [-0.39, 0.29) is 11.8 Å². The molecule has 1 fully saturated rings. The highest BCUT2D eigenvalue weighted by Gasteiger charge is 2.34. The molecule has 0 radical (unpaired) electrons. The predicted molar refractivity (Wildman–Crippen MR) is 105 cm³/mol. The standard InChI is InChI=1S/C22H20N4O2/c1-14(2)16-6-4-8-19(10-16)26-13-18(11-20(26)27)21-24-22(28-25-21)17-7-3-5-15(9-17)12-23/h3-10,14,18H,11,13H2,1-2H3. The Balaban J connectivity index is 1.56. The summed E-state index contributed by atoms with van der Waals surface area (Å²) >= 11 is 0. The number of hydrogen-bond acceptors (Lipinski definition) is 5. The summed E-state index contributed by atoms with van der Waals surface area (Å²) in [4.78, 5) is 18.9. The van der Waals surface area contributed by atoms with Gasteiger partial charge in [0.2, 0.25) is 5.91 Å². The number of carbonyl (C=O) groups is 1. The highest BCUT2D eigenvalue weighted by molar-refractivity contribution is 5.96. The van der Waals surface area contributed by atoms with E-state index in [4.69, 9.17) is 9.78 Å². The largest absolute Gasteiger partial charge is 0.334 e. The molecule has 0 aliphatic carbocycles. The van der Waals surface area contributed by atoms with Crippen molar-refractivity contribution in [2.75, 3.05) is 11.4 Å². The van der Waals surface area contributed by atoms with Gasteiger partial charge >= 0.3 is 0 Å². The first-order valence-corrected chi connectivity index (χ1v) is 9.29. The van der Waals surface area contributed by atoms with Crippen LogP contribution in [0.3, 0.4) is 0 Å². The molecule has 1 unspecified atom stereocenters. The molecule has 1 aliphatic heterocycles. The lowest BCUT2D eigenvalue weighted by molar-refractivity contribution is -0.117. The van der Waals surface area contributed by atoms with Crippen molar-refractivity contribution in [1.29, 1.82) is 5.26 Å². The number of rotatable bonds is 4. The van der Waals surface area contributed by atoms with Gasteiger partial charge < -0.3 is 9.42 Å². The molecule has 2 heterocycles. The van der Waals surface area contributed by atoms with Crippen LogP contribution in [0.2, 0.25) is 0 Å². The minimum Gasteiger partial charge on any atom is -0.334 e. The van der Waals surface area contributed by atoms with Gasteiger partial charge in [-0.2, -0.15) is 10.2 Å². The third-order valence-electron chi connectivity index (χ3n) is 5.02. The van der Waals surface area contributed by atoms with Crippen molar-refractivity contribution in [3.8, 4) is 17.5 Å². The first kappa shape index (κ1) is 17.9. The highest BCUT2D eigenvalue weighted by Crippen LogP contribution is 2.32. The van der Waals surface area contributed by atoms with Crippen molar-refractivity contribution in [1.82, 2.24) is 10.1 Å². The van der Waals surface area contributed by atoms with Gasteiger partial charge in [0.25, 0.3) is 5.89 Å². The zero-order valence-corrected chi connectivity index (χ0v) is 15.8. The quantitative estimate of drug-likeness (QED) is 0.683. The van der Waals surface area contributed by atoms with E-state index >= 15 is 0 Å². The van der Waals surface area contributed by atoms with Gasteiger partial charge in [-0.15, -0.1) is 0 Å². The average Bonchev–Trinajstić information content (AvgIpc) is 3.35. The maximum Gasteiger partial charge on any atom is 0.257 e. The van der Waals surface area contributed by atoms with Gasteiger partial charge in [-0.25, -0.2) is 0 Å². The fourth-order valence-electron chi connectivity index (χ4n) is 3.42. The van der Waals surface area contributed by atoms with Crippen molar-refractivity contribution in [3.05, 3.63) is 65.5 Å². The monoisotopic (exact) mass is 372 g/mol. The number of hydrogen-bond donors (Lipinski definition) is 0. The average molecular weight is 372 g/mol. The zero-order chi connectivity index (χ0) is 19.7. The Morgan fingerprint density at radius 3 is 2.82 bits per heavy atom. The predicted octanol–water partition coefficient (Wildman–Crippen LogP) is 4.25. The fourth-order valence-corrected chi connectivity index (χ4v) is 3.42. The molecule has 1 amide bonds. The summed E-state index contributed by atoms with van der Waals surface area (Å²) in [6, 6.07) is 17.2. The van der Waals surface area contributed by atoms with E-state index in [9.17, 15) is 4.79 Å². The molecule has 0 bridgehead atoms. The van der Waals surface area contributed by atoms with E-state index in [0.717, 1.165) is 5.69 Å². The summed E-state index contributed by atoms with van der Waals surface area (Å²) in [5.41, 5.74) is 3.34. The molecule has 3 aromatic rings. The molecule has 1 saturated heterocycles. The van der Waals surface area contributed by atoms with Crippen molar-refractivity contribution in [2.24, 2.45) is 0 Å². The molecule has 28 heavy (non-hydrogen) atoms. The first-order chi connectivity index (χ1) is 13.5. The molecule has 6 heteroatoms. The number of nitriles is 1. The van der Waals surface area contributed by atoms with Crippen LogP contribution in [0.1, 0.15) is 49.1 Å². The summed E-state index contributed by atoms with van der Waals surface area (Å²) in [6.45, 7) is 4.79.